The van der Waals surface area contributed by atoms with Crippen LogP contribution in [0.4, 0.5) is 4.48 Å². The predicted molar refractivity (Wildman–Crippen MR) is 103 cm³/mol. The van der Waals surface area contributed by atoms with E-state index in [0.717, 1.165) is 12.8 Å². The topological polar surface area (TPSA) is 100.0 Å². The van der Waals surface area contributed by atoms with E-state index in [-0.39, 0.29) is 23.6 Å². The fourth-order valence-electron chi connectivity index (χ4n) is 5.04. The monoisotopic (exact) mass is 420 g/mol. The molecule has 0 N–H and O–H groups in total. The van der Waals surface area contributed by atoms with Gasteiger partial charge in [-0.3, -0.25) is 4.79 Å². The molecule has 0 bridgehead atoms. The number of piperidine rings is 1. The molecule has 1 aromatic heterocycles. The third-order valence-electron chi connectivity index (χ3n) is 6.40. The molecular formula is C19H21FN4O4S. The average Bonchev–Trinajstić information content (AvgIpc) is 3.51. The normalized spacial score (nSPS) is 36.4. The Morgan fingerprint density at radius 3 is 2.83 bits per heavy atom. The Hall–Kier alpha value is -2.04. The standard InChI is InChI=1S/C19H21FN4O4S/c1-27-17-13(7-21-18(23-17)28-2)12-5-11(10-3-4-10)6-19-9-22-29(26)16(19)14(25)8-24(20)15(12)19/h5,7,9-11,15-16H,3-4,6,8H2,1-2H3. The summed E-state index contributed by atoms with van der Waals surface area (Å²) in [5, 5.41) is -0.277. The number of methoxy groups -OCH3 is 2. The molecule has 5 rings (SSSR count). The van der Waals surface area contributed by atoms with Gasteiger partial charge in [0.25, 0.3) is 0 Å². The zero-order valence-electron chi connectivity index (χ0n) is 16.1. The molecular weight excluding hydrogens is 399 g/mol. The molecule has 2 aliphatic carbocycles. The summed E-state index contributed by atoms with van der Waals surface area (Å²) >= 11 is -1.69. The van der Waals surface area contributed by atoms with Crippen LogP contribution < -0.4 is 9.47 Å². The number of rotatable bonds is 4. The highest BCUT2D eigenvalue weighted by Crippen LogP contribution is 2.57. The highest BCUT2D eigenvalue weighted by Gasteiger charge is 2.67. The van der Waals surface area contributed by atoms with Gasteiger partial charge in [-0.2, -0.15) is 4.98 Å². The third-order valence-corrected chi connectivity index (χ3v) is 7.82. The van der Waals surface area contributed by atoms with E-state index in [0.29, 0.717) is 28.6 Å². The maximum atomic E-state index is 15.3. The Morgan fingerprint density at radius 2 is 2.14 bits per heavy atom. The zero-order valence-corrected chi connectivity index (χ0v) is 16.9. The van der Waals surface area contributed by atoms with Crippen LogP contribution in [0.25, 0.3) is 5.57 Å². The lowest BCUT2D eigenvalue weighted by Crippen LogP contribution is -2.63. The van der Waals surface area contributed by atoms with Crippen LogP contribution in [-0.4, -0.2) is 63.7 Å². The van der Waals surface area contributed by atoms with Gasteiger partial charge in [0.05, 0.1) is 44.0 Å². The molecule has 5 atom stereocenters. The van der Waals surface area contributed by atoms with Crippen molar-refractivity contribution in [1.82, 2.24) is 15.1 Å². The number of ether oxygens (including phenoxy) is 2. The number of carbonyl (C=O) groups is 1. The molecule has 1 saturated heterocycles. The summed E-state index contributed by atoms with van der Waals surface area (Å²) in [6.07, 6.45) is 7.92. The number of Topliss-reactive ketones (excluding diaryl/α,β-unsaturated/α-hetero) is 1. The van der Waals surface area contributed by atoms with Gasteiger partial charge in [0.2, 0.25) is 16.9 Å². The first-order valence-electron chi connectivity index (χ1n) is 9.56. The summed E-state index contributed by atoms with van der Waals surface area (Å²) in [5.41, 5.74) is 0.250. The Labute approximate surface area is 170 Å². The summed E-state index contributed by atoms with van der Waals surface area (Å²) in [6, 6.07) is -0.658. The third kappa shape index (κ3) is 2.80. The van der Waals surface area contributed by atoms with Gasteiger partial charge in [0.1, 0.15) is 11.4 Å². The van der Waals surface area contributed by atoms with Crippen LogP contribution in [0, 0.1) is 17.3 Å². The zero-order chi connectivity index (χ0) is 20.3. The highest BCUT2D eigenvalue weighted by molar-refractivity contribution is 7.92. The van der Waals surface area contributed by atoms with Crippen molar-refractivity contribution in [3.05, 3.63) is 17.8 Å². The average molecular weight is 420 g/mol. The molecule has 2 fully saturated rings. The molecule has 3 heterocycles. The fourth-order valence-corrected chi connectivity index (χ4v) is 6.43. The Balaban J connectivity index is 1.68. The van der Waals surface area contributed by atoms with Crippen LogP contribution in [-0.2, 0) is 16.2 Å². The Morgan fingerprint density at radius 1 is 1.34 bits per heavy atom. The molecule has 10 heteroatoms. The lowest BCUT2D eigenvalue weighted by Gasteiger charge is -2.48. The first kappa shape index (κ1) is 19.0. The van der Waals surface area contributed by atoms with E-state index in [1.807, 2.05) is 0 Å². The number of hydrogen-bond donors (Lipinski definition) is 0. The van der Waals surface area contributed by atoms with Crippen LogP contribution in [0.1, 0.15) is 24.8 Å². The SMILES string of the molecule is COc1ncc(C2=CC(C3CC3)CC34C=N[S+]([O-])C3C(=O)CN(F)C24)c(OC)n1. The van der Waals surface area contributed by atoms with E-state index in [1.165, 1.54) is 14.2 Å². The molecule has 29 heavy (non-hydrogen) atoms. The Kier molecular flexibility index (Phi) is 4.41. The first-order chi connectivity index (χ1) is 14.0. The van der Waals surface area contributed by atoms with Crippen molar-refractivity contribution in [3.63, 3.8) is 0 Å². The van der Waals surface area contributed by atoms with Crippen molar-refractivity contribution in [2.24, 2.45) is 21.6 Å². The van der Waals surface area contributed by atoms with Crippen LogP contribution in [0.3, 0.4) is 0 Å². The number of ketones is 1. The van der Waals surface area contributed by atoms with Gasteiger partial charge in [-0.15, -0.1) is 9.60 Å². The molecule has 1 saturated carbocycles. The van der Waals surface area contributed by atoms with E-state index in [9.17, 15) is 9.35 Å². The maximum absolute atomic E-state index is 15.3. The van der Waals surface area contributed by atoms with Crippen LogP contribution in [0.5, 0.6) is 11.9 Å². The summed E-state index contributed by atoms with van der Waals surface area (Å²) in [7, 11) is 2.94. The number of aromatic nitrogens is 2. The molecule has 0 radical (unpaired) electrons. The van der Waals surface area contributed by atoms with Gasteiger partial charge in [-0.05, 0) is 36.7 Å². The first-order valence-corrected chi connectivity index (χ1v) is 10.7. The van der Waals surface area contributed by atoms with Crippen molar-refractivity contribution < 1.29 is 23.3 Å². The number of halogens is 1. The van der Waals surface area contributed by atoms with Gasteiger partial charge < -0.3 is 14.0 Å². The van der Waals surface area contributed by atoms with E-state index < -0.39 is 34.6 Å². The van der Waals surface area contributed by atoms with Crippen LogP contribution >= 0.6 is 0 Å². The molecule has 5 unspecified atom stereocenters. The van der Waals surface area contributed by atoms with Crippen LogP contribution in [0.2, 0.25) is 0 Å². The predicted octanol–water partition coefficient (Wildman–Crippen LogP) is 1.55. The lowest BCUT2D eigenvalue weighted by molar-refractivity contribution is -0.138. The smallest absolute Gasteiger partial charge is 0.319 e. The lowest BCUT2D eigenvalue weighted by atomic mass is 9.61. The second-order valence-corrected chi connectivity index (χ2v) is 9.27. The molecule has 2 aliphatic heterocycles. The second kappa shape index (κ2) is 6.75. The largest absolute Gasteiger partial charge is 0.591 e. The van der Waals surface area contributed by atoms with E-state index in [2.05, 4.69) is 20.4 Å². The second-order valence-electron chi connectivity index (χ2n) is 8.04. The quantitative estimate of drug-likeness (QED) is 0.538. The summed E-state index contributed by atoms with van der Waals surface area (Å²) in [5.74, 6) is 0.510. The van der Waals surface area contributed by atoms with E-state index in [1.54, 1.807) is 12.4 Å². The fraction of sp³-hybridized carbons (Fsp3) is 0.579. The van der Waals surface area contributed by atoms with E-state index in [4.69, 9.17) is 9.47 Å². The van der Waals surface area contributed by atoms with Crippen molar-refractivity contribution in [2.75, 3.05) is 20.8 Å². The summed E-state index contributed by atoms with van der Waals surface area (Å²) < 4.78 is 42.5. The van der Waals surface area contributed by atoms with Crippen molar-refractivity contribution in [3.8, 4) is 11.9 Å². The number of allylic oxidation sites excluding steroid dienone is 1. The van der Waals surface area contributed by atoms with Crippen molar-refractivity contribution >= 4 is 28.9 Å². The van der Waals surface area contributed by atoms with Gasteiger partial charge in [-0.25, -0.2) is 4.98 Å². The maximum Gasteiger partial charge on any atom is 0.319 e. The number of hydrogen-bond acceptors (Lipinski definition) is 8. The minimum absolute atomic E-state index is 0.136. The van der Waals surface area contributed by atoms with E-state index >= 15 is 4.48 Å². The molecule has 0 aromatic carbocycles. The highest BCUT2D eigenvalue weighted by atomic mass is 32.2. The van der Waals surface area contributed by atoms with Gasteiger partial charge in [-0.1, -0.05) is 10.5 Å². The van der Waals surface area contributed by atoms with Gasteiger partial charge in [0, 0.05) is 6.20 Å². The summed E-state index contributed by atoms with van der Waals surface area (Å²) in [4.78, 5) is 21.1. The molecule has 4 aliphatic rings. The van der Waals surface area contributed by atoms with Gasteiger partial charge >= 0.3 is 6.01 Å². The molecule has 1 spiro atoms. The minimum atomic E-state index is -1.69. The molecule has 154 valence electrons. The van der Waals surface area contributed by atoms with Gasteiger partial charge in [0.15, 0.2) is 0 Å². The minimum Gasteiger partial charge on any atom is -0.591 e. The summed E-state index contributed by atoms with van der Waals surface area (Å²) in [6.45, 7) is -0.420. The van der Waals surface area contributed by atoms with Crippen molar-refractivity contribution in [1.29, 1.82) is 0 Å². The molecule has 1 aromatic rings. The number of nitrogens with zero attached hydrogens (tertiary/aromatic N) is 4. The molecule has 0 amide bonds. The molecule has 8 nitrogen and oxygen atoms in total. The number of carbonyl (C=O) groups excluding carboxylic acids is 1. The van der Waals surface area contributed by atoms with Crippen molar-refractivity contribution in [2.45, 2.75) is 30.6 Å². The Bertz CT molecular complexity index is 923. The van der Waals surface area contributed by atoms with Crippen LogP contribution in [0.15, 0.2) is 16.7 Å².